The van der Waals surface area contributed by atoms with E-state index in [4.69, 9.17) is 4.74 Å². The predicted molar refractivity (Wildman–Crippen MR) is 138 cm³/mol. The van der Waals surface area contributed by atoms with Gasteiger partial charge in [0, 0.05) is 25.2 Å². The maximum absolute atomic E-state index is 12.0. The molecule has 0 atom stereocenters. The lowest BCUT2D eigenvalue weighted by molar-refractivity contribution is -0.121. The number of hydrogen-bond donors (Lipinski definition) is 3. The molecule has 176 valence electrons. The summed E-state index contributed by atoms with van der Waals surface area (Å²) in [5.74, 6) is 2.16. The fourth-order valence-electron chi connectivity index (χ4n) is 3.53. The Morgan fingerprint density at radius 3 is 2.35 bits per heavy atom. The minimum Gasteiger partial charge on any atom is -0.497 e. The van der Waals surface area contributed by atoms with Gasteiger partial charge in [0.1, 0.15) is 12.3 Å². The van der Waals surface area contributed by atoms with Gasteiger partial charge in [-0.15, -0.1) is 24.0 Å². The summed E-state index contributed by atoms with van der Waals surface area (Å²) in [6.45, 7) is 12.9. The quantitative estimate of drug-likeness (QED) is 0.266. The molecule has 0 spiro atoms. The molecule has 7 nitrogen and oxygen atoms in total. The third-order valence-electron chi connectivity index (χ3n) is 5.07. The van der Waals surface area contributed by atoms with Crippen LogP contribution in [0.1, 0.15) is 46.1 Å². The molecule has 1 aromatic carbocycles. The molecule has 3 N–H and O–H groups in total. The lowest BCUT2D eigenvalue weighted by atomic mass is 9.96. The highest BCUT2D eigenvalue weighted by atomic mass is 127. The van der Waals surface area contributed by atoms with Gasteiger partial charge in [0.2, 0.25) is 5.91 Å². The van der Waals surface area contributed by atoms with E-state index in [2.05, 4.69) is 38.0 Å². The minimum absolute atomic E-state index is 0. The number of amides is 1. The Bertz CT molecular complexity index is 680. The Balaban J connectivity index is 0.00000480. The second kappa shape index (κ2) is 13.8. The second-order valence-corrected chi connectivity index (χ2v) is 8.94. The number of ether oxygens (including phenoxy) is 1. The zero-order valence-electron chi connectivity index (χ0n) is 19.7. The number of nitrogens with zero attached hydrogens (tertiary/aromatic N) is 2. The first-order valence-corrected chi connectivity index (χ1v) is 11.0. The first-order chi connectivity index (χ1) is 14.3. The normalized spacial score (nSPS) is 15.7. The summed E-state index contributed by atoms with van der Waals surface area (Å²) >= 11 is 0. The number of guanidine groups is 1. The van der Waals surface area contributed by atoms with Gasteiger partial charge < -0.3 is 20.7 Å². The Morgan fingerprint density at radius 1 is 1.16 bits per heavy atom. The topological polar surface area (TPSA) is 78.0 Å². The Kier molecular flexibility index (Phi) is 12.2. The molecular weight excluding hydrogens is 505 g/mol. The molecule has 0 radical (unpaired) electrons. The van der Waals surface area contributed by atoms with Crippen molar-refractivity contribution in [1.82, 2.24) is 20.9 Å². The van der Waals surface area contributed by atoms with E-state index >= 15 is 0 Å². The van der Waals surface area contributed by atoms with Crippen LogP contribution >= 0.6 is 24.0 Å². The maximum Gasteiger partial charge on any atom is 0.242 e. The molecule has 1 amide bonds. The van der Waals surface area contributed by atoms with Crippen molar-refractivity contribution in [1.29, 1.82) is 0 Å². The number of likely N-dealkylation sites (tertiary alicyclic amines) is 1. The number of methoxy groups -OCH3 is 1. The number of benzene rings is 1. The standard InChI is InChI=1S/C23H39N5O2.HI/c1-6-24-22(26-16-21(29)27-23(2,3)4)25-15-18-11-13-28(14-12-18)17-19-7-9-20(30-5)10-8-19;/h7-10,18H,6,11-17H2,1-5H3,(H,27,29)(H2,24,25,26);1H. The number of rotatable bonds is 8. The van der Waals surface area contributed by atoms with E-state index in [1.165, 1.54) is 5.56 Å². The van der Waals surface area contributed by atoms with Crippen LogP contribution in [0.3, 0.4) is 0 Å². The highest BCUT2D eigenvalue weighted by Crippen LogP contribution is 2.19. The van der Waals surface area contributed by atoms with Crippen LogP contribution in [-0.2, 0) is 11.3 Å². The zero-order valence-corrected chi connectivity index (χ0v) is 22.0. The minimum atomic E-state index is -0.238. The molecule has 0 aliphatic carbocycles. The van der Waals surface area contributed by atoms with Gasteiger partial charge in [-0.1, -0.05) is 12.1 Å². The molecule has 8 heteroatoms. The van der Waals surface area contributed by atoms with E-state index in [0.29, 0.717) is 11.9 Å². The monoisotopic (exact) mass is 545 g/mol. The fourth-order valence-corrected chi connectivity index (χ4v) is 3.53. The van der Waals surface area contributed by atoms with Crippen molar-refractivity contribution in [3.05, 3.63) is 29.8 Å². The van der Waals surface area contributed by atoms with E-state index in [-0.39, 0.29) is 42.0 Å². The summed E-state index contributed by atoms with van der Waals surface area (Å²) in [6.07, 6.45) is 2.32. The van der Waals surface area contributed by atoms with Crippen molar-refractivity contribution in [3.8, 4) is 5.75 Å². The Morgan fingerprint density at radius 2 is 1.81 bits per heavy atom. The lowest BCUT2D eigenvalue weighted by Crippen LogP contribution is -2.44. The van der Waals surface area contributed by atoms with Crippen LogP contribution in [-0.4, -0.2) is 62.1 Å². The fraction of sp³-hybridized carbons (Fsp3) is 0.652. The van der Waals surface area contributed by atoms with Crippen LogP contribution in [0.15, 0.2) is 29.3 Å². The third-order valence-corrected chi connectivity index (χ3v) is 5.07. The Hall–Kier alpha value is -1.55. The second-order valence-electron chi connectivity index (χ2n) is 8.94. The third kappa shape index (κ3) is 11.0. The van der Waals surface area contributed by atoms with Crippen LogP contribution in [0.25, 0.3) is 0 Å². The zero-order chi connectivity index (χ0) is 22.0. The van der Waals surface area contributed by atoms with Gasteiger partial charge in [-0.05, 0) is 77.2 Å². The van der Waals surface area contributed by atoms with Gasteiger partial charge >= 0.3 is 0 Å². The van der Waals surface area contributed by atoms with Crippen molar-refractivity contribution in [2.75, 3.05) is 39.8 Å². The van der Waals surface area contributed by atoms with Gasteiger partial charge in [0.15, 0.2) is 5.96 Å². The van der Waals surface area contributed by atoms with E-state index < -0.39 is 0 Å². The van der Waals surface area contributed by atoms with Gasteiger partial charge in [0.25, 0.3) is 0 Å². The van der Waals surface area contributed by atoms with E-state index in [0.717, 1.165) is 51.3 Å². The summed E-state index contributed by atoms with van der Waals surface area (Å²) in [7, 11) is 1.70. The number of carbonyl (C=O) groups is 1. The predicted octanol–water partition coefficient (Wildman–Crippen LogP) is 3.00. The average molecular weight is 546 g/mol. The average Bonchev–Trinajstić information content (AvgIpc) is 2.70. The number of nitrogens with one attached hydrogen (secondary N) is 3. The first kappa shape index (κ1) is 27.5. The molecule has 31 heavy (non-hydrogen) atoms. The van der Waals surface area contributed by atoms with Gasteiger partial charge in [-0.2, -0.15) is 0 Å². The van der Waals surface area contributed by atoms with Crippen molar-refractivity contribution in [2.24, 2.45) is 10.9 Å². The number of aliphatic imine (C=N–C) groups is 1. The summed E-state index contributed by atoms with van der Waals surface area (Å²) in [6, 6.07) is 8.33. The Labute approximate surface area is 204 Å². The van der Waals surface area contributed by atoms with E-state index in [1.807, 2.05) is 39.8 Å². The van der Waals surface area contributed by atoms with Crippen LogP contribution in [0, 0.1) is 5.92 Å². The van der Waals surface area contributed by atoms with Crippen LogP contribution in [0.5, 0.6) is 5.75 Å². The molecule has 1 aromatic rings. The molecule has 0 bridgehead atoms. The highest BCUT2D eigenvalue weighted by molar-refractivity contribution is 14.0. The maximum atomic E-state index is 12.0. The van der Waals surface area contributed by atoms with E-state index in [1.54, 1.807) is 7.11 Å². The van der Waals surface area contributed by atoms with Gasteiger partial charge in [0.05, 0.1) is 7.11 Å². The van der Waals surface area contributed by atoms with Crippen LogP contribution in [0.2, 0.25) is 0 Å². The molecule has 0 unspecified atom stereocenters. The number of piperidine rings is 1. The molecule has 1 heterocycles. The molecule has 1 aliphatic heterocycles. The molecular formula is C23H40IN5O2. The number of halogens is 1. The van der Waals surface area contributed by atoms with E-state index in [9.17, 15) is 4.79 Å². The number of carbonyl (C=O) groups excluding carboxylic acids is 1. The highest BCUT2D eigenvalue weighted by Gasteiger charge is 2.20. The number of hydrogen-bond acceptors (Lipinski definition) is 4. The first-order valence-electron chi connectivity index (χ1n) is 11.0. The van der Waals surface area contributed by atoms with Crippen molar-refractivity contribution in [2.45, 2.75) is 52.6 Å². The molecule has 0 aromatic heterocycles. The molecule has 0 saturated carbocycles. The van der Waals surface area contributed by atoms with Gasteiger partial charge in [-0.3, -0.25) is 9.69 Å². The smallest absolute Gasteiger partial charge is 0.242 e. The van der Waals surface area contributed by atoms with Gasteiger partial charge in [-0.25, -0.2) is 4.99 Å². The lowest BCUT2D eigenvalue weighted by Gasteiger charge is -2.32. The molecule has 1 aliphatic rings. The summed E-state index contributed by atoms with van der Waals surface area (Å²) < 4.78 is 5.23. The van der Waals surface area contributed by atoms with Crippen molar-refractivity contribution < 1.29 is 9.53 Å². The van der Waals surface area contributed by atoms with Crippen molar-refractivity contribution in [3.63, 3.8) is 0 Å². The van der Waals surface area contributed by atoms with Crippen LogP contribution in [0.4, 0.5) is 0 Å². The SMILES string of the molecule is CCNC(=NCC(=O)NC(C)(C)C)NCC1CCN(Cc2ccc(OC)cc2)CC1.I. The molecule has 1 saturated heterocycles. The summed E-state index contributed by atoms with van der Waals surface area (Å²) in [5, 5.41) is 9.58. The summed E-state index contributed by atoms with van der Waals surface area (Å²) in [5.41, 5.74) is 1.08. The van der Waals surface area contributed by atoms with Crippen LogP contribution < -0.4 is 20.7 Å². The molecule has 1 fully saturated rings. The largest absolute Gasteiger partial charge is 0.497 e. The van der Waals surface area contributed by atoms with Crippen molar-refractivity contribution >= 4 is 35.8 Å². The summed E-state index contributed by atoms with van der Waals surface area (Å²) in [4.78, 5) is 18.9. The molecule has 2 rings (SSSR count).